The van der Waals surface area contributed by atoms with Crippen LogP contribution in [0.2, 0.25) is 0 Å². The molecular weight excluding hydrogens is 216 g/mol. The van der Waals surface area contributed by atoms with E-state index >= 15 is 0 Å². The molecule has 4 N–H and O–H groups in total. The number of rotatable bonds is 3. The van der Waals surface area contributed by atoms with Gasteiger partial charge in [0, 0.05) is 23.8 Å². The maximum atomic E-state index is 5.48. The van der Waals surface area contributed by atoms with Crippen LogP contribution in [-0.4, -0.2) is 9.97 Å². The molecule has 0 aliphatic heterocycles. The van der Waals surface area contributed by atoms with E-state index in [9.17, 15) is 0 Å². The molecule has 2 heterocycles. The molecule has 0 unspecified atom stereocenters. The first-order valence-electron chi connectivity index (χ1n) is 4.13. The van der Waals surface area contributed by atoms with Crippen molar-refractivity contribution in [1.82, 2.24) is 9.97 Å². The average Bonchev–Trinajstić information content (AvgIpc) is 2.86. The monoisotopic (exact) mass is 226 g/mol. The first-order chi connectivity index (χ1) is 6.83. The van der Waals surface area contributed by atoms with Gasteiger partial charge >= 0.3 is 0 Å². The third-order valence-corrected chi connectivity index (χ3v) is 3.46. The summed E-state index contributed by atoms with van der Waals surface area (Å²) in [6.07, 6.45) is 0. The Morgan fingerprint density at radius 2 is 1.36 bits per heavy atom. The van der Waals surface area contributed by atoms with Gasteiger partial charge in [-0.25, -0.2) is 9.97 Å². The van der Waals surface area contributed by atoms with Crippen LogP contribution in [0.4, 0.5) is 0 Å². The van der Waals surface area contributed by atoms with Gasteiger partial charge in [-0.2, -0.15) is 0 Å². The number of aromatic nitrogens is 2. The molecule has 14 heavy (non-hydrogen) atoms. The first-order valence-corrected chi connectivity index (χ1v) is 5.88. The summed E-state index contributed by atoms with van der Waals surface area (Å²) >= 11 is 3.12. The molecule has 2 rings (SSSR count). The Kier molecular flexibility index (Phi) is 2.87. The number of nitrogens with zero attached hydrogens (tertiary/aromatic N) is 2. The standard InChI is InChI=1S/C8H10N4S2/c9-1-7-11-5(3-13-7)6-4-14-8(2-10)12-6/h3-4H,1-2,9-10H2. The van der Waals surface area contributed by atoms with Crippen molar-refractivity contribution in [2.45, 2.75) is 13.1 Å². The van der Waals surface area contributed by atoms with Crippen LogP contribution in [0.5, 0.6) is 0 Å². The second-order valence-electron chi connectivity index (χ2n) is 2.66. The molecule has 0 amide bonds. The highest BCUT2D eigenvalue weighted by Gasteiger charge is 2.07. The summed E-state index contributed by atoms with van der Waals surface area (Å²) in [6, 6.07) is 0. The van der Waals surface area contributed by atoms with E-state index in [1.165, 1.54) is 0 Å². The van der Waals surface area contributed by atoms with Gasteiger partial charge in [0.15, 0.2) is 0 Å². The van der Waals surface area contributed by atoms with Gasteiger partial charge in [0.05, 0.1) is 0 Å². The van der Waals surface area contributed by atoms with Gasteiger partial charge in [0.1, 0.15) is 21.4 Å². The summed E-state index contributed by atoms with van der Waals surface area (Å²) in [5.74, 6) is 0. The molecule has 0 fully saturated rings. The molecule has 0 aliphatic rings. The van der Waals surface area contributed by atoms with Crippen LogP contribution in [0.15, 0.2) is 10.8 Å². The molecule has 74 valence electrons. The predicted molar refractivity (Wildman–Crippen MR) is 59.0 cm³/mol. The van der Waals surface area contributed by atoms with Gasteiger partial charge < -0.3 is 11.5 Å². The Balaban J connectivity index is 2.29. The van der Waals surface area contributed by atoms with Gasteiger partial charge in [-0.05, 0) is 0 Å². The van der Waals surface area contributed by atoms with Crippen molar-refractivity contribution in [2.75, 3.05) is 0 Å². The molecule has 0 aromatic carbocycles. The zero-order chi connectivity index (χ0) is 9.97. The van der Waals surface area contributed by atoms with Crippen molar-refractivity contribution in [3.63, 3.8) is 0 Å². The van der Waals surface area contributed by atoms with Gasteiger partial charge in [0.25, 0.3) is 0 Å². The normalized spacial score (nSPS) is 10.7. The predicted octanol–water partition coefficient (Wildman–Crippen LogP) is 1.18. The van der Waals surface area contributed by atoms with E-state index in [0.29, 0.717) is 13.1 Å². The lowest BCUT2D eigenvalue weighted by Gasteiger charge is -1.87. The summed E-state index contributed by atoms with van der Waals surface area (Å²) in [7, 11) is 0. The fourth-order valence-electron chi connectivity index (χ4n) is 1.04. The van der Waals surface area contributed by atoms with E-state index in [1.807, 2.05) is 10.8 Å². The van der Waals surface area contributed by atoms with Crippen LogP contribution in [0, 0.1) is 0 Å². The van der Waals surface area contributed by atoms with Gasteiger partial charge in [-0.3, -0.25) is 0 Å². The van der Waals surface area contributed by atoms with Gasteiger partial charge in [0.2, 0.25) is 0 Å². The molecule has 0 saturated heterocycles. The Hall–Kier alpha value is -0.820. The molecule has 2 aromatic heterocycles. The number of thiazole rings is 2. The molecule has 0 radical (unpaired) electrons. The fourth-order valence-corrected chi connectivity index (χ4v) is 2.38. The second kappa shape index (κ2) is 4.14. The van der Waals surface area contributed by atoms with E-state index in [0.717, 1.165) is 21.4 Å². The van der Waals surface area contributed by atoms with Gasteiger partial charge in [-0.15, -0.1) is 22.7 Å². The van der Waals surface area contributed by atoms with E-state index < -0.39 is 0 Å². The van der Waals surface area contributed by atoms with Crippen molar-refractivity contribution in [1.29, 1.82) is 0 Å². The summed E-state index contributed by atoms with van der Waals surface area (Å²) in [5.41, 5.74) is 12.8. The highest BCUT2D eigenvalue weighted by molar-refractivity contribution is 7.10. The third kappa shape index (κ3) is 1.83. The highest BCUT2D eigenvalue weighted by Crippen LogP contribution is 2.23. The van der Waals surface area contributed by atoms with Crippen molar-refractivity contribution < 1.29 is 0 Å². The molecule has 0 spiro atoms. The van der Waals surface area contributed by atoms with Crippen molar-refractivity contribution in [3.8, 4) is 11.4 Å². The van der Waals surface area contributed by atoms with E-state index in [-0.39, 0.29) is 0 Å². The lowest BCUT2D eigenvalue weighted by atomic mass is 10.4. The molecule has 0 atom stereocenters. The minimum Gasteiger partial charge on any atom is -0.325 e. The second-order valence-corrected chi connectivity index (χ2v) is 4.55. The summed E-state index contributed by atoms with van der Waals surface area (Å²) in [4.78, 5) is 8.69. The minimum atomic E-state index is 0.485. The molecule has 2 aromatic rings. The molecule has 0 aliphatic carbocycles. The Morgan fingerprint density at radius 1 is 0.929 bits per heavy atom. The zero-order valence-corrected chi connectivity index (χ0v) is 9.07. The first kappa shape index (κ1) is 9.72. The minimum absolute atomic E-state index is 0.485. The van der Waals surface area contributed by atoms with Crippen LogP contribution in [0.1, 0.15) is 10.0 Å². The third-order valence-electron chi connectivity index (χ3n) is 1.72. The van der Waals surface area contributed by atoms with Crippen LogP contribution in [0.3, 0.4) is 0 Å². The maximum Gasteiger partial charge on any atom is 0.107 e. The smallest absolute Gasteiger partial charge is 0.107 e. The topological polar surface area (TPSA) is 77.8 Å². The van der Waals surface area contributed by atoms with Crippen molar-refractivity contribution >= 4 is 22.7 Å². The Morgan fingerprint density at radius 3 is 1.64 bits per heavy atom. The Bertz CT molecular complexity index is 380. The summed E-state index contributed by atoms with van der Waals surface area (Å²) < 4.78 is 0. The van der Waals surface area contributed by atoms with Crippen LogP contribution in [0.25, 0.3) is 11.4 Å². The van der Waals surface area contributed by atoms with E-state index in [2.05, 4.69) is 9.97 Å². The molecule has 0 saturated carbocycles. The lowest BCUT2D eigenvalue weighted by Crippen LogP contribution is -1.95. The lowest BCUT2D eigenvalue weighted by molar-refractivity contribution is 1.02. The molecule has 6 heteroatoms. The van der Waals surface area contributed by atoms with Crippen molar-refractivity contribution in [3.05, 3.63) is 20.8 Å². The number of nitrogens with two attached hydrogens (primary N) is 2. The van der Waals surface area contributed by atoms with Crippen LogP contribution >= 0.6 is 22.7 Å². The van der Waals surface area contributed by atoms with E-state index in [1.54, 1.807) is 22.7 Å². The summed E-state index contributed by atoms with van der Waals surface area (Å²) in [6.45, 7) is 0.969. The average molecular weight is 226 g/mol. The maximum absolute atomic E-state index is 5.48. The van der Waals surface area contributed by atoms with Crippen LogP contribution < -0.4 is 11.5 Å². The SMILES string of the molecule is NCc1nc(-c2csc(CN)n2)cs1. The summed E-state index contributed by atoms with van der Waals surface area (Å²) in [5, 5.41) is 5.80. The Labute approximate surface area is 89.6 Å². The number of hydrogen-bond acceptors (Lipinski definition) is 6. The molecular formula is C8H10N4S2. The largest absolute Gasteiger partial charge is 0.325 e. The quantitative estimate of drug-likeness (QED) is 0.824. The van der Waals surface area contributed by atoms with Crippen LogP contribution in [-0.2, 0) is 13.1 Å². The molecule has 0 bridgehead atoms. The number of hydrogen-bond donors (Lipinski definition) is 2. The highest BCUT2D eigenvalue weighted by atomic mass is 32.1. The van der Waals surface area contributed by atoms with E-state index in [4.69, 9.17) is 11.5 Å². The molecule has 4 nitrogen and oxygen atoms in total. The fraction of sp³-hybridized carbons (Fsp3) is 0.250. The van der Waals surface area contributed by atoms with Gasteiger partial charge in [-0.1, -0.05) is 0 Å². The van der Waals surface area contributed by atoms with Crippen molar-refractivity contribution in [2.24, 2.45) is 11.5 Å². The zero-order valence-electron chi connectivity index (χ0n) is 7.43.